The van der Waals surface area contributed by atoms with Crippen LogP contribution in [0.3, 0.4) is 0 Å². The molecule has 10 heavy (non-hydrogen) atoms. The van der Waals surface area contributed by atoms with Gasteiger partial charge in [-0.25, -0.2) is 0 Å². The molecule has 0 fully saturated rings. The summed E-state index contributed by atoms with van der Waals surface area (Å²) in [6.45, 7) is 4.19. The molecule has 2 N–H and O–H groups in total. The quantitative estimate of drug-likeness (QED) is 0.497. The Bertz CT molecular complexity index is 93.9. The average molecular weight is 178 g/mol. The van der Waals surface area contributed by atoms with Gasteiger partial charge in [0, 0.05) is 12.1 Å². The van der Waals surface area contributed by atoms with Crippen LogP contribution in [0, 0.1) is 0 Å². The van der Waals surface area contributed by atoms with Crippen molar-refractivity contribution in [2.75, 3.05) is 0 Å². The van der Waals surface area contributed by atoms with Crippen molar-refractivity contribution < 1.29 is 0 Å². The second-order valence-corrected chi connectivity index (χ2v) is 2.96. The molecule has 0 bridgehead atoms. The van der Waals surface area contributed by atoms with E-state index in [1.165, 1.54) is 0 Å². The van der Waals surface area contributed by atoms with E-state index in [1.54, 1.807) is 0 Å². The monoisotopic (exact) mass is 178 g/mol. The van der Waals surface area contributed by atoms with Crippen molar-refractivity contribution in [1.82, 2.24) is 10.2 Å². The average Bonchev–Trinajstić information content (AvgIpc) is 1.99. The Kier molecular flexibility index (Phi) is 6.57. The van der Waals surface area contributed by atoms with Crippen molar-refractivity contribution in [2.24, 2.45) is 0 Å². The van der Waals surface area contributed by atoms with Crippen molar-refractivity contribution in [1.29, 1.82) is 0 Å². The zero-order valence-corrected chi connectivity index (χ0v) is 8.77. The second-order valence-electron chi connectivity index (χ2n) is 2.30. The fraction of sp³-hybridized carbons (Fsp3) is 0.667. The van der Waals surface area contributed by atoms with E-state index < -0.39 is 0 Å². The van der Waals surface area contributed by atoms with Crippen LogP contribution in [0.25, 0.3) is 0 Å². The van der Waals surface area contributed by atoms with Gasteiger partial charge in [0.05, 0.1) is 0 Å². The van der Waals surface area contributed by atoms with Crippen LogP contribution in [-0.2, 0) is 0 Å². The largest absolute Gasteiger partial charge is 0.294 e. The van der Waals surface area contributed by atoms with E-state index in [0.29, 0.717) is 12.1 Å². The highest BCUT2D eigenvalue weighted by molar-refractivity contribution is 7.13. The van der Waals surface area contributed by atoms with Gasteiger partial charge in [-0.05, 0) is 13.8 Å². The summed E-state index contributed by atoms with van der Waals surface area (Å²) in [5.74, 6) is 0. The molecule has 4 heteroatoms. The third-order valence-electron chi connectivity index (χ3n) is 1.21. The van der Waals surface area contributed by atoms with Crippen molar-refractivity contribution in [3.8, 4) is 0 Å². The van der Waals surface area contributed by atoms with Gasteiger partial charge in [0.15, 0.2) is 0 Å². The van der Waals surface area contributed by atoms with Crippen LogP contribution in [0.4, 0.5) is 0 Å². The lowest BCUT2D eigenvalue weighted by Crippen LogP contribution is -2.16. The Balaban J connectivity index is 3.52. The summed E-state index contributed by atoms with van der Waals surface area (Å²) in [5.41, 5.74) is 0. The molecule has 60 valence electrons. The molecule has 0 saturated carbocycles. The molecule has 0 aromatic rings. The van der Waals surface area contributed by atoms with Crippen LogP contribution >= 0.6 is 18.8 Å². The van der Waals surface area contributed by atoms with Crippen LogP contribution in [0.2, 0.25) is 0 Å². The molecule has 0 heterocycles. The lowest BCUT2D eigenvalue weighted by molar-refractivity contribution is 0.809. The van der Waals surface area contributed by atoms with E-state index in [4.69, 9.17) is 0 Å². The third-order valence-corrected chi connectivity index (χ3v) is 2.27. The number of nitrogens with one attached hydrogen (secondary N) is 2. The van der Waals surface area contributed by atoms with Gasteiger partial charge >= 0.3 is 0 Å². The van der Waals surface area contributed by atoms with Gasteiger partial charge in [-0.1, -0.05) is 30.9 Å². The van der Waals surface area contributed by atoms with Crippen molar-refractivity contribution in [3.63, 3.8) is 0 Å². The van der Waals surface area contributed by atoms with Crippen LogP contribution < -0.4 is 10.2 Å². The minimum absolute atomic E-state index is 0.422. The summed E-state index contributed by atoms with van der Waals surface area (Å²) in [5, 5.41) is 6.08. The number of hydrogen-bond donors (Lipinski definition) is 2. The van der Waals surface area contributed by atoms with E-state index in [1.807, 2.05) is 0 Å². The summed E-state index contributed by atoms with van der Waals surface area (Å²) in [6.07, 6.45) is 4.24. The van der Waals surface area contributed by atoms with Gasteiger partial charge in [0.1, 0.15) is 0 Å². The number of hydrogen-bond acceptors (Lipinski definition) is 2. The standard InChI is InChI=1S/C6H16N2P2/c1-5(7-9)3-4-6(2)8-10/h3-8H,9-10H2,1-2H3/b4-3+. The van der Waals surface area contributed by atoms with Crippen molar-refractivity contribution in [2.45, 2.75) is 25.9 Å². The summed E-state index contributed by atoms with van der Waals surface area (Å²) >= 11 is 0. The Labute approximate surface area is 67.7 Å². The normalized spacial score (nSPS) is 17.6. The second kappa shape index (κ2) is 6.24. The summed E-state index contributed by atoms with van der Waals surface area (Å²) in [4.78, 5) is 0. The zero-order valence-electron chi connectivity index (χ0n) is 6.46. The molecule has 0 aromatic heterocycles. The highest BCUT2D eigenvalue weighted by atomic mass is 31.0. The molecule has 0 aliphatic carbocycles. The predicted molar refractivity (Wildman–Crippen MR) is 53.8 cm³/mol. The first-order chi connectivity index (χ1) is 4.70. The topological polar surface area (TPSA) is 24.1 Å². The molecule has 0 aliphatic heterocycles. The van der Waals surface area contributed by atoms with Gasteiger partial charge in [-0.15, -0.1) is 0 Å². The SMILES string of the molecule is CC(/C=C/C(C)NP)NP. The molecule has 0 rings (SSSR count). The highest BCUT2D eigenvalue weighted by Crippen LogP contribution is 1.92. The van der Waals surface area contributed by atoms with Gasteiger partial charge in [-0.2, -0.15) is 0 Å². The molecule has 0 aromatic carbocycles. The lowest BCUT2D eigenvalue weighted by Gasteiger charge is -2.05. The molecule has 4 unspecified atom stereocenters. The molecular formula is C6H16N2P2. The summed E-state index contributed by atoms with van der Waals surface area (Å²) in [6, 6.07) is 0.844. The fourth-order valence-electron chi connectivity index (χ4n) is 0.444. The van der Waals surface area contributed by atoms with Crippen LogP contribution in [0.15, 0.2) is 12.2 Å². The minimum atomic E-state index is 0.422. The molecular weight excluding hydrogens is 162 g/mol. The lowest BCUT2D eigenvalue weighted by atomic mass is 10.2. The molecule has 2 nitrogen and oxygen atoms in total. The van der Waals surface area contributed by atoms with E-state index in [2.05, 4.69) is 55.0 Å². The van der Waals surface area contributed by atoms with Crippen molar-refractivity contribution >= 4 is 18.8 Å². The first-order valence-corrected chi connectivity index (χ1v) is 4.46. The number of rotatable bonds is 4. The zero-order chi connectivity index (χ0) is 7.98. The maximum absolute atomic E-state index is 3.04. The molecule has 0 radical (unpaired) electrons. The smallest absolute Gasteiger partial charge is 0.0254 e. The Morgan fingerprint density at radius 2 is 1.30 bits per heavy atom. The van der Waals surface area contributed by atoms with Gasteiger partial charge < -0.3 is 0 Å². The molecule has 0 saturated heterocycles. The predicted octanol–water partition coefficient (Wildman–Crippen LogP) is 1.08. The van der Waals surface area contributed by atoms with Crippen LogP contribution in [-0.4, -0.2) is 12.1 Å². The van der Waals surface area contributed by atoms with Crippen LogP contribution in [0.1, 0.15) is 13.8 Å². The Morgan fingerprint density at radius 3 is 1.50 bits per heavy atom. The molecule has 0 aliphatic rings. The summed E-state index contributed by atoms with van der Waals surface area (Å²) < 4.78 is 0. The molecule has 0 spiro atoms. The van der Waals surface area contributed by atoms with E-state index >= 15 is 0 Å². The van der Waals surface area contributed by atoms with Gasteiger partial charge in [-0.3, -0.25) is 10.2 Å². The van der Waals surface area contributed by atoms with Gasteiger partial charge in [0.25, 0.3) is 0 Å². The summed E-state index contributed by atoms with van der Waals surface area (Å²) in [7, 11) is 4.98. The van der Waals surface area contributed by atoms with Crippen molar-refractivity contribution in [3.05, 3.63) is 12.2 Å². The Hall–Kier alpha value is 0.520. The maximum atomic E-state index is 3.04. The molecule has 0 amide bonds. The first kappa shape index (κ1) is 10.5. The van der Waals surface area contributed by atoms with Gasteiger partial charge in [0.2, 0.25) is 0 Å². The minimum Gasteiger partial charge on any atom is -0.294 e. The third kappa shape index (κ3) is 5.32. The first-order valence-electron chi connectivity index (χ1n) is 3.31. The fourth-order valence-corrected chi connectivity index (χ4v) is 0.667. The van der Waals surface area contributed by atoms with E-state index in [9.17, 15) is 0 Å². The van der Waals surface area contributed by atoms with E-state index in [-0.39, 0.29) is 0 Å². The highest BCUT2D eigenvalue weighted by Gasteiger charge is 1.92. The van der Waals surface area contributed by atoms with E-state index in [0.717, 1.165) is 0 Å². The maximum Gasteiger partial charge on any atom is 0.0254 e. The Morgan fingerprint density at radius 1 is 1.00 bits per heavy atom. The molecule has 4 atom stereocenters. The van der Waals surface area contributed by atoms with Crippen LogP contribution in [0.5, 0.6) is 0 Å².